The summed E-state index contributed by atoms with van der Waals surface area (Å²) in [5.41, 5.74) is 22.7. The third kappa shape index (κ3) is 4.52. The number of furan rings is 1. The van der Waals surface area contributed by atoms with E-state index in [1.807, 2.05) is 0 Å². The van der Waals surface area contributed by atoms with Crippen LogP contribution in [-0.2, 0) is 10.8 Å². The number of hydrogen-bond donors (Lipinski definition) is 0. The van der Waals surface area contributed by atoms with E-state index >= 15 is 0 Å². The second-order valence-corrected chi connectivity index (χ2v) is 19.3. The molecule has 302 valence electrons. The van der Waals surface area contributed by atoms with Crippen molar-refractivity contribution in [3.63, 3.8) is 0 Å². The van der Waals surface area contributed by atoms with Gasteiger partial charge in [0.05, 0.1) is 27.5 Å². The largest absolute Gasteiger partial charge is 0.456 e. The number of rotatable bonds is 2. The lowest BCUT2D eigenvalue weighted by Crippen LogP contribution is -2.65. The van der Waals surface area contributed by atoms with E-state index in [1.54, 1.807) is 0 Å². The van der Waals surface area contributed by atoms with E-state index in [0.29, 0.717) is 0 Å². The maximum Gasteiger partial charge on any atom is 0.247 e. The summed E-state index contributed by atoms with van der Waals surface area (Å²) in [6.07, 6.45) is 0. The second-order valence-electron chi connectivity index (χ2n) is 19.3. The van der Waals surface area contributed by atoms with E-state index in [0.717, 1.165) is 33.3 Å². The molecule has 9 aromatic carbocycles. The van der Waals surface area contributed by atoms with Crippen LogP contribution < -0.4 is 21.3 Å². The lowest BCUT2D eigenvalue weighted by Gasteiger charge is -2.48. The van der Waals surface area contributed by atoms with E-state index in [-0.39, 0.29) is 12.1 Å². The minimum absolute atomic E-state index is 0.0604. The fourth-order valence-corrected chi connectivity index (χ4v) is 12.2. The van der Waals surface area contributed by atoms with E-state index in [1.165, 1.54) is 94.1 Å². The number of hydrogen-bond acceptors (Lipinski definition) is 2. The van der Waals surface area contributed by atoms with Gasteiger partial charge in [0.25, 0.3) is 0 Å². The molecule has 0 saturated heterocycles. The van der Waals surface area contributed by atoms with Crippen molar-refractivity contribution in [3.8, 4) is 16.8 Å². The normalized spacial score (nSPS) is 14.3. The van der Waals surface area contributed by atoms with Gasteiger partial charge in [-0.25, -0.2) is 0 Å². The van der Waals surface area contributed by atoms with Crippen molar-refractivity contribution in [1.29, 1.82) is 0 Å². The fourth-order valence-electron chi connectivity index (χ4n) is 12.2. The average Bonchev–Trinajstić information content (AvgIpc) is 3.97. The molecule has 2 aliphatic heterocycles. The highest BCUT2D eigenvalue weighted by molar-refractivity contribution is 6.99. The van der Waals surface area contributed by atoms with Gasteiger partial charge in [0.15, 0.2) is 0 Å². The summed E-state index contributed by atoms with van der Waals surface area (Å²) in [4.78, 5) is 2.59. The number of aromatic nitrogens is 1. The summed E-state index contributed by atoms with van der Waals surface area (Å²) < 4.78 is 9.27. The Hall–Kier alpha value is -7.56. The Kier molecular flexibility index (Phi) is 7.05. The van der Waals surface area contributed by atoms with Gasteiger partial charge in [0.1, 0.15) is 11.2 Å². The summed E-state index contributed by atoms with van der Waals surface area (Å²) >= 11 is 0. The van der Waals surface area contributed by atoms with Gasteiger partial charge < -0.3 is 13.9 Å². The molecular formula is C60H43BN2O. The number of para-hydroxylation sites is 3. The van der Waals surface area contributed by atoms with Crippen LogP contribution in [0.25, 0.3) is 60.6 Å². The van der Waals surface area contributed by atoms with Crippen LogP contribution in [0.3, 0.4) is 0 Å². The number of aryl methyl sites for hydroxylation is 1. The molecule has 0 N–H and O–H groups in total. The van der Waals surface area contributed by atoms with Crippen LogP contribution in [0.15, 0.2) is 192 Å². The van der Waals surface area contributed by atoms with E-state index in [2.05, 4.69) is 225 Å². The van der Waals surface area contributed by atoms with E-state index in [4.69, 9.17) is 4.42 Å². The molecule has 2 aromatic heterocycles. The molecule has 14 rings (SSSR count). The molecule has 0 atom stereocenters. The van der Waals surface area contributed by atoms with Gasteiger partial charge in [-0.1, -0.05) is 171 Å². The zero-order chi connectivity index (χ0) is 42.6. The van der Waals surface area contributed by atoms with Crippen LogP contribution in [0.5, 0.6) is 0 Å². The number of benzene rings is 9. The van der Waals surface area contributed by atoms with Crippen molar-refractivity contribution >= 4 is 83.9 Å². The van der Waals surface area contributed by atoms with E-state index in [9.17, 15) is 0 Å². The SMILES string of the molecule is Cc1ccc(N2c3cc(-n4c5ccccc5c5ccccc54)cc4c3B(c3cc(C(C)(C)C)ccc3C43c4ccccc4-c4ccccc43)c3ccc4oc5ccccc5c4c32)cc1. The summed E-state index contributed by atoms with van der Waals surface area (Å²) in [6, 6.07) is 71.1. The zero-order valence-corrected chi connectivity index (χ0v) is 36.3. The first kappa shape index (κ1) is 36.0. The van der Waals surface area contributed by atoms with Gasteiger partial charge in [-0.15, -0.1) is 0 Å². The van der Waals surface area contributed by atoms with Crippen molar-refractivity contribution in [3.05, 3.63) is 221 Å². The summed E-state index contributed by atoms with van der Waals surface area (Å²) in [6.45, 7) is 9.16. The highest BCUT2D eigenvalue weighted by atomic mass is 16.3. The molecular weight excluding hydrogens is 775 g/mol. The summed E-state index contributed by atoms with van der Waals surface area (Å²) in [7, 11) is 0. The maximum atomic E-state index is 6.75. The number of anilines is 3. The summed E-state index contributed by atoms with van der Waals surface area (Å²) in [5.74, 6) is 0. The molecule has 0 fully saturated rings. The topological polar surface area (TPSA) is 21.3 Å². The van der Waals surface area contributed by atoms with Gasteiger partial charge in [-0.3, -0.25) is 0 Å². The molecule has 64 heavy (non-hydrogen) atoms. The molecule has 0 bridgehead atoms. The highest BCUT2D eigenvalue weighted by Crippen LogP contribution is 2.58. The highest BCUT2D eigenvalue weighted by Gasteiger charge is 2.55. The van der Waals surface area contributed by atoms with Gasteiger partial charge in [-0.2, -0.15) is 0 Å². The van der Waals surface area contributed by atoms with Crippen molar-refractivity contribution in [1.82, 2.24) is 4.57 Å². The minimum Gasteiger partial charge on any atom is -0.456 e. The average molecular weight is 819 g/mol. The molecule has 1 spiro atoms. The molecule has 0 amide bonds. The molecule has 0 radical (unpaired) electrons. The van der Waals surface area contributed by atoms with Gasteiger partial charge in [0.2, 0.25) is 6.71 Å². The van der Waals surface area contributed by atoms with Crippen molar-refractivity contribution in [2.75, 3.05) is 4.90 Å². The Morgan fingerprint density at radius 2 is 1.12 bits per heavy atom. The second kappa shape index (κ2) is 12.5. The first-order valence-electron chi connectivity index (χ1n) is 22.6. The Morgan fingerprint density at radius 1 is 0.500 bits per heavy atom. The third-order valence-corrected chi connectivity index (χ3v) is 14.9. The quantitative estimate of drug-likeness (QED) is 0.162. The third-order valence-electron chi connectivity index (χ3n) is 14.9. The maximum absolute atomic E-state index is 6.75. The number of fused-ring (bicyclic) bond motifs is 18. The fraction of sp³-hybridized carbons (Fsp3) is 0.100. The molecule has 3 aliphatic rings. The summed E-state index contributed by atoms with van der Waals surface area (Å²) in [5, 5.41) is 4.78. The lowest BCUT2D eigenvalue weighted by atomic mass is 9.29. The molecule has 1 aliphatic carbocycles. The van der Waals surface area contributed by atoms with Crippen molar-refractivity contribution in [2.45, 2.75) is 38.5 Å². The van der Waals surface area contributed by atoms with Crippen LogP contribution in [0.2, 0.25) is 0 Å². The van der Waals surface area contributed by atoms with Crippen molar-refractivity contribution in [2.24, 2.45) is 0 Å². The predicted molar refractivity (Wildman–Crippen MR) is 268 cm³/mol. The van der Waals surface area contributed by atoms with E-state index < -0.39 is 5.41 Å². The lowest BCUT2D eigenvalue weighted by molar-refractivity contribution is 0.590. The Balaban J connectivity index is 1.23. The Labute approximate surface area is 372 Å². The van der Waals surface area contributed by atoms with Crippen LogP contribution in [0, 0.1) is 6.92 Å². The van der Waals surface area contributed by atoms with Crippen LogP contribution in [-0.4, -0.2) is 11.3 Å². The predicted octanol–water partition coefficient (Wildman–Crippen LogP) is 13.3. The first-order chi connectivity index (χ1) is 31.3. The van der Waals surface area contributed by atoms with Crippen molar-refractivity contribution < 1.29 is 4.42 Å². The smallest absolute Gasteiger partial charge is 0.247 e. The molecule has 11 aromatic rings. The Bertz CT molecular complexity index is 3710. The minimum atomic E-state index is -0.600. The van der Waals surface area contributed by atoms with Crippen LogP contribution >= 0.6 is 0 Å². The van der Waals surface area contributed by atoms with Crippen LogP contribution in [0.4, 0.5) is 17.1 Å². The van der Waals surface area contributed by atoms with Gasteiger partial charge >= 0.3 is 0 Å². The molecule has 4 heterocycles. The molecule has 0 unspecified atom stereocenters. The molecule has 4 heteroatoms. The van der Waals surface area contributed by atoms with Crippen LogP contribution in [0.1, 0.15) is 54.2 Å². The number of nitrogens with zero attached hydrogens (tertiary/aromatic N) is 2. The van der Waals surface area contributed by atoms with Gasteiger partial charge in [0, 0.05) is 33.2 Å². The zero-order valence-electron chi connectivity index (χ0n) is 36.3. The molecule has 0 saturated carbocycles. The monoisotopic (exact) mass is 818 g/mol. The molecule has 3 nitrogen and oxygen atoms in total. The Morgan fingerprint density at radius 3 is 1.81 bits per heavy atom. The standard InChI is InChI=1S/C60H43BN2O/c1-36-25-28-38(29-26-36)63-53-35-39(62-51-22-12-7-17-42(51)43-18-8-13-23-52(43)62)34-48-57(53)61(49-31-32-55-56(58(49)63)44-19-9-14-24-54(44)64-55)50-33-37(59(2,3)4)27-30-47(50)60(48)45-20-10-5-15-40(45)41-16-6-11-21-46(41)60/h5-35H,1-4H3. The van der Waals surface area contributed by atoms with Gasteiger partial charge in [-0.05, 0) is 111 Å². The first-order valence-corrected chi connectivity index (χ1v) is 22.6.